The van der Waals surface area contributed by atoms with Gasteiger partial charge in [-0.25, -0.2) is 8.42 Å². The van der Waals surface area contributed by atoms with E-state index in [0.717, 1.165) is 36.0 Å². The molecule has 3 rings (SSSR count). The molecule has 1 aromatic heterocycles. The normalized spacial score (nSPS) is 11.8. The summed E-state index contributed by atoms with van der Waals surface area (Å²) in [6, 6.07) is 15.5. The Morgan fingerprint density at radius 2 is 1.76 bits per heavy atom. The highest BCUT2D eigenvalue weighted by atomic mass is 32.2. The summed E-state index contributed by atoms with van der Waals surface area (Å²) >= 11 is 0. The van der Waals surface area contributed by atoms with Crippen molar-refractivity contribution in [2.75, 3.05) is 13.4 Å². The fourth-order valence-corrected chi connectivity index (χ4v) is 3.76. The number of hydrogen-bond acceptors (Lipinski definition) is 3. The summed E-state index contributed by atoms with van der Waals surface area (Å²) in [5.41, 5.74) is 3.47. The Kier molecular flexibility index (Phi) is 4.86. The molecule has 0 fully saturated rings. The van der Waals surface area contributed by atoms with E-state index in [1.54, 1.807) is 19.2 Å². The number of methoxy groups -OCH3 is 1. The summed E-state index contributed by atoms with van der Waals surface area (Å²) in [4.78, 5) is 0.365. The first-order valence-electron chi connectivity index (χ1n) is 8.37. The number of aromatic nitrogens is 1. The van der Waals surface area contributed by atoms with Gasteiger partial charge in [-0.2, -0.15) is 0 Å². The predicted molar refractivity (Wildman–Crippen MR) is 101 cm³/mol. The summed E-state index contributed by atoms with van der Waals surface area (Å²) in [5.74, 6) is 0.840. The van der Waals surface area contributed by atoms with Gasteiger partial charge in [0.15, 0.2) is 9.84 Å². The van der Waals surface area contributed by atoms with E-state index in [-0.39, 0.29) is 0 Å². The molecule has 0 aliphatic rings. The number of hydrogen-bond donors (Lipinski definition) is 0. The van der Waals surface area contributed by atoms with Crippen molar-refractivity contribution in [1.29, 1.82) is 0 Å². The lowest BCUT2D eigenvalue weighted by atomic mass is 10.2. The Labute approximate surface area is 149 Å². The second-order valence-electron chi connectivity index (χ2n) is 6.31. The van der Waals surface area contributed by atoms with Crippen LogP contribution in [-0.4, -0.2) is 26.4 Å². The second-order valence-corrected chi connectivity index (χ2v) is 8.33. The topological polar surface area (TPSA) is 48.3 Å². The van der Waals surface area contributed by atoms with Crippen LogP contribution in [0.2, 0.25) is 0 Å². The first kappa shape index (κ1) is 17.5. The Morgan fingerprint density at radius 3 is 2.36 bits per heavy atom. The molecule has 0 atom stereocenters. The molecular weight excluding hydrogens is 334 g/mol. The maximum Gasteiger partial charge on any atom is 0.175 e. The zero-order valence-corrected chi connectivity index (χ0v) is 15.6. The van der Waals surface area contributed by atoms with Crippen LogP contribution < -0.4 is 4.74 Å². The van der Waals surface area contributed by atoms with Crippen LogP contribution in [0, 0.1) is 0 Å². The van der Waals surface area contributed by atoms with Gasteiger partial charge in [0.25, 0.3) is 0 Å². The monoisotopic (exact) mass is 357 g/mol. The van der Waals surface area contributed by atoms with Gasteiger partial charge in [0.1, 0.15) is 5.75 Å². The Hall–Kier alpha value is -2.27. The van der Waals surface area contributed by atoms with Gasteiger partial charge in [0.05, 0.1) is 12.0 Å². The molecule has 0 aliphatic carbocycles. The molecule has 4 nitrogen and oxygen atoms in total. The second kappa shape index (κ2) is 6.92. The third-order valence-corrected chi connectivity index (χ3v) is 5.50. The van der Waals surface area contributed by atoms with Crippen molar-refractivity contribution in [1.82, 2.24) is 4.57 Å². The van der Waals surface area contributed by atoms with Crippen molar-refractivity contribution in [3.05, 3.63) is 59.8 Å². The Balaban J connectivity index is 2.06. The third-order valence-electron chi connectivity index (χ3n) is 4.39. The number of sulfone groups is 1. The fourth-order valence-electron chi connectivity index (χ4n) is 3.10. The SMILES string of the molecule is CCCc1cc2cc(S(C)(=O)=O)ccc2n1Cc1ccc(OC)cc1. The van der Waals surface area contributed by atoms with Crippen molar-refractivity contribution in [2.45, 2.75) is 31.2 Å². The average molecular weight is 357 g/mol. The molecule has 3 aromatic rings. The van der Waals surface area contributed by atoms with Gasteiger partial charge in [-0.05, 0) is 48.4 Å². The molecule has 25 heavy (non-hydrogen) atoms. The van der Waals surface area contributed by atoms with Gasteiger partial charge in [0.2, 0.25) is 0 Å². The molecule has 0 N–H and O–H groups in total. The number of fused-ring (bicyclic) bond motifs is 1. The summed E-state index contributed by atoms with van der Waals surface area (Å²) in [6.45, 7) is 2.90. The van der Waals surface area contributed by atoms with Crippen LogP contribution in [0.1, 0.15) is 24.6 Å². The van der Waals surface area contributed by atoms with Crippen LogP contribution >= 0.6 is 0 Å². The molecular formula is C20H23NO3S. The zero-order valence-electron chi connectivity index (χ0n) is 14.8. The van der Waals surface area contributed by atoms with E-state index in [2.05, 4.69) is 29.7 Å². The van der Waals surface area contributed by atoms with Gasteiger partial charge in [-0.15, -0.1) is 0 Å². The Morgan fingerprint density at radius 1 is 1.04 bits per heavy atom. The van der Waals surface area contributed by atoms with E-state index >= 15 is 0 Å². The maximum atomic E-state index is 11.8. The Bertz CT molecular complexity index is 986. The van der Waals surface area contributed by atoms with Gasteiger partial charge in [-0.3, -0.25) is 0 Å². The van der Waals surface area contributed by atoms with Crippen LogP contribution in [0.5, 0.6) is 5.75 Å². The van der Waals surface area contributed by atoms with Gasteiger partial charge in [-0.1, -0.05) is 25.5 Å². The minimum absolute atomic E-state index is 0.365. The van der Waals surface area contributed by atoms with Gasteiger partial charge >= 0.3 is 0 Å². The van der Waals surface area contributed by atoms with E-state index in [1.807, 2.05) is 18.2 Å². The zero-order chi connectivity index (χ0) is 18.0. The summed E-state index contributed by atoms with van der Waals surface area (Å²) in [5, 5.41) is 0.972. The number of nitrogens with zero attached hydrogens (tertiary/aromatic N) is 1. The molecule has 0 bridgehead atoms. The summed E-state index contributed by atoms with van der Waals surface area (Å²) < 4.78 is 31.1. The molecule has 0 aliphatic heterocycles. The molecule has 0 amide bonds. The lowest BCUT2D eigenvalue weighted by Gasteiger charge is -2.11. The van der Waals surface area contributed by atoms with Crippen LogP contribution in [-0.2, 0) is 22.8 Å². The number of ether oxygens (including phenoxy) is 1. The number of rotatable bonds is 6. The lowest BCUT2D eigenvalue weighted by Crippen LogP contribution is -2.04. The van der Waals surface area contributed by atoms with E-state index in [9.17, 15) is 8.42 Å². The lowest BCUT2D eigenvalue weighted by molar-refractivity contribution is 0.414. The number of benzene rings is 2. The predicted octanol–water partition coefficient (Wildman–Crippen LogP) is 4.05. The quantitative estimate of drug-likeness (QED) is 0.668. The van der Waals surface area contributed by atoms with Crippen molar-refractivity contribution < 1.29 is 13.2 Å². The van der Waals surface area contributed by atoms with Crippen molar-refractivity contribution >= 4 is 20.7 Å². The van der Waals surface area contributed by atoms with Crippen LogP contribution in [0.3, 0.4) is 0 Å². The minimum Gasteiger partial charge on any atom is -0.497 e. The highest BCUT2D eigenvalue weighted by Crippen LogP contribution is 2.26. The minimum atomic E-state index is -3.20. The largest absolute Gasteiger partial charge is 0.497 e. The summed E-state index contributed by atoms with van der Waals surface area (Å²) in [6.07, 6.45) is 3.24. The van der Waals surface area contributed by atoms with E-state index in [1.165, 1.54) is 17.5 Å². The highest BCUT2D eigenvalue weighted by molar-refractivity contribution is 7.90. The highest BCUT2D eigenvalue weighted by Gasteiger charge is 2.13. The fraction of sp³-hybridized carbons (Fsp3) is 0.300. The number of aryl methyl sites for hydroxylation is 1. The smallest absolute Gasteiger partial charge is 0.175 e. The maximum absolute atomic E-state index is 11.8. The molecule has 132 valence electrons. The van der Waals surface area contributed by atoms with E-state index in [4.69, 9.17) is 4.74 Å². The molecule has 0 unspecified atom stereocenters. The molecule has 0 spiro atoms. The van der Waals surface area contributed by atoms with Gasteiger partial charge < -0.3 is 9.30 Å². The van der Waals surface area contributed by atoms with Crippen molar-refractivity contribution in [3.63, 3.8) is 0 Å². The molecule has 1 heterocycles. The first-order valence-corrected chi connectivity index (χ1v) is 10.3. The van der Waals surface area contributed by atoms with Crippen LogP contribution in [0.15, 0.2) is 53.4 Å². The molecule has 5 heteroatoms. The third kappa shape index (κ3) is 3.71. The average Bonchev–Trinajstić information content (AvgIpc) is 2.92. The molecule has 0 saturated carbocycles. The standard InChI is InChI=1S/C20H23NO3S/c1-4-5-17-12-16-13-19(25(3,22)23)10-11-20(16)21(17)14-15-6-8-18(24-2)9-7-15/h6-13H,4-5,14H2,1-3H3. The van der Waals surface area contributed by atoms with Crippen LogP contribution in [0.4, 0.5) is 0 Å². The van der Waals surface area contributed by atoms with Gasteiger partial charge in [0, 0.05) is 29.4 Å². The molecule has 2 aromatic carbocycles. The molecule has 0 radical (unpaired) electrons. The molecule has 0 saturated heterocycles. The first-order chi connectivity index (χ1) is 11.9. The van der Waals surface area contributed by atoms with E-state index < -0.39 is 9.84 Å². The summed E-state index contributed by atoms with van der Waals surface area (Å²) in [7, 11) is -1.54. The van der Waals surface area contributed by atoms with E-state index in [0.29, 0.717) is 4.90 Å². The van der Waals surface area contributed by atoms with Crippen LogP contribution in [0.25, 0.3) is 10.9 Å². The van der Waals surface area contributed by atoms with Crippen molar-refractivity contribution in [3.8, 4) is 5.75 Å². The van der Waals surface area contributed by atoms with Crippen molar-refractivity contribution in [2.24, 2.45) is 0 Å².